The Morgan fingerprint density at radius 2 is 2.35 bits per heavy atom. The largest absolute Gasteiger partial charge is 0.383 e. The monoisotopic (exact) mass is 351 g/mol. The number of anilines is 1. The Morgan fingerprint density at radius 1 is 1.55 bits per heavy atom. The number of nitrogens with two attached hydrogens (primary N) is 1. The minimum atomic E-state index is -0.0370. The summed E-state index contributed by atoms with van der Waals surface area (Å²) in [6, 6.07) is 4.13. The highest BCUT2D eigenvalue weighted by Gasteiger charge is 2.34. The molecule has 20 heavy (non-hydrogen) atoms. The number of nitrogen functional groups attached to an aromatic ring is 1. The molecule has 3 rings (SSSR count). The fourth-order valence-electron chi connectivity index (χ4n) is 2.11. The molecular formula is C14H14BrN3OS. The Morgan fingerprint density at radius 3 is 3.00 bits per heavy atom. The molecule has 1 aliphatic rings. The highest BCUT2D eigenvalue weighted by atomic mass is 79.9. The summed E-state index contributed by atoms with van der Waals surface area (Å²) >= 11 is 4.98. The number of rotatable bonds is 4. The minimum absolute atomic E-state index is 0.0370. The molecule has 1 saturated carbocycles. The van der Waals surface area contributed by atoms with E-state index >= 15 is 0 Å². The summed E-state index contributed by atoms with van der Waals surface area (Å²) < 4.78 is 0.765. The summed E-state index contributed by atoms with van der Waals surface area (Å²) in [5, 5.41) is 4.10. The quantitative estimate of drug-likeness (QED) is 0.919. The first-order chi connectivity index (χ1) is 9.65. The van der Waals surface area contributed by atoms with Gasteiger partial charge in [-0.15, -0.1) is 0 Å². The van der Waals surface area contributed by atoms with Gasteiger partial charge in [0.05, 0.1) is 5.56 Å². The van der Waals surface area contributed by atoms with E-state index in [1.165, 1.54) is 0 Å². The van der Waals surface area contributed by atoms with Crippen LogP contribution >= 0.6 is 27.3 Å². The van der Waals surface area contributed by atoms with Gasteiger partial charge in [0.15, 0.2) is 0 Å². The van der Waals surface area contributed by atoms with Crippen LogP contribution in [0.5, 0.6) is 0 Å². The van der Waals surface area contributed by atoms with E-state index < -0.39 is 0 Å². The highest BCUT2D eigenvalue weighted by molar-refractivity contribution is 9.10. The zero-order valence-corrected chi connectivity index (χ0v) is 13.2. The van der Waals surface area contributed by atoms with Crippen molar-refractivity contribution in [1.29, 1.82) is 0 Å². The second-order valence-corrected chi connectivity index (χ2v) is 6.58. The molecule has 1 fully saturated rings. The summed E-state index contributed by atoms with van der Waals surface area (Å²) in [6.45, 7) is 0.638. The van der Waals surface area contributed by atoms with Gasteiger partial charge < -0.3 is 10.6 Å². The standard InChI is InChI=1S/C14H14BrN3OS/c15-10-5-12(13(16)17-6-10)14(19)18(11-1-2-11)7-9-3-4-20-8-9/h3-6,8,11H,1-2,7H2,(H2,16,17). The first kappa shape index (κ1) is 13.6. The summed E-state index contributed by atoms with van der Waals surface area (Å²) in [5.41, 5.74) is 7.48. The van der Waals surface area contributed by atoms with Crippen molar-refractivity contribution in [2.75, 3.05) is 5.73 Å². The third-order valence-corrected chi connectivity index (χ3v) is 4.46. The number of halogens is 1. The number of pyridine rings is 1. The lowest BCUT2D eigenvalue weighted by atomic mass is 10.2. The van der Waals surface area contributed by atoms with E-state index in [-0.39, 0.29) is 11.7 Å². The molecule has 1 amide bonds. The molecule has 2 aromatic rings. The van der Waals surface area contributed by atoms with Crippen LogP contribution in [0.25, 0.3) is 0 Å². The van der Waals surface area contributed by atoms with Crippen molar-refractivity contribution >= 4 is 39.0 Å². The van der Waals surface area contributed by atoms with Gasteiger partial charge in [0.25, 0.3) is 5.91 Å². The first-order valence-electron chi connectivity index (χ1n) is 6.38. The summed E-state index contributed by atoms with van der Waals surface area (Å²) in [7, 11) is 0. The van der Waals surface area contributed by atoms with E-state index in [1.807, 2.05) is 10.3 Å². The molecule has 4 nitrogen and oxygen atoms in total. The summed E-state index contributed by atoms with van der Waals surface area (Å²) in [6.07, 6.45) is 3.74. The molecule has 1 aliphatic carbocycles. The Balaban J connectivity index is 1.87. The van der Waals surface area contributed by atoms with Crippen molar-refractivity contribution in [2.45, 2.75) is 25.4 Å². The average Bonchev–Trinajstić information content (AvgIpc) is 3.15. The van der Waals surface area contributed by atoms with Crippen molar-refractivity contribution in [2.24, 2.45) is 0 Å². The molecule has 0 aromatic carbocycles. The average molecular weight is 352 g/mol. The van der Waals surface area contributed by atoms with Crippen LogP contribution in [-0.4, -0.2) is 21.8 Å². The second-order valence-electron chi connectivity index (χ2n) is 4.88. The van der Waals surface area contributed by atoms with Crippen LogP contribution in [-0.2, 0) is 6.54 Å². The van der Waals surface area contributed by atoms with E-state index in [0.717, 1.165) is 22.9 Å². The number of nitrogens with zero attached hydrogens (tertiary/aromatic N) is 2. The highest BCUT2D eigenvalue weighted by Crippen LogP contribution is 2.31. The normalized spacial score (nSPS) is 14.2. The number of carbonyl (C=O) groups is 1. The van der Waals surface area contributed by atoms with Gasteiger partial charge >= 0.3 is 0 Å². The maximum atomic E-state index is 12.7. The number of aromatic nitrogens is 1. The zero-order chi connectivity index (χ0) is 14.1. The van der Waals surface area contributed by atoms with Gasteiger partial charge in [-0.25, -0.2) is 4.98 Å². The third-order valence-electron chi connectivity index (χ3n) is 3.30. The van der Waals surface area contributed by atoms with Gasteiger partial charge in [0, 0.05) is 23.3 Å². The summed E-state index contributed by atoms with van der Waals surface area (Å²) in [5.74, 6) is 0.249. The molecule has 0 saturated heterocycles. The molecule has 0 bridgehead atoms. The number of hydrogen-bond donors (Lipinski definition) is 1. The SMILES string of the molecule is Nc1ncc(Br)cc1C(=O)N(Cc1ccsc1)C1CC1. The predicted octanol–water partition coefficient (Wildman–Crippen LogP) is 3.29. The van der Waals surface area contributed by atoms with Gasteiger partial charge in [-0.05, 0) is 57.2 Å². The van der Waals surface area contributed by atoms with Crippen molar-refractivity contribution in [3.8, 4) is 0 Å². The van der Waals surface area contributed by atoms with Crippen molar-refractivity contribution in [3.05, 3.63) is 44.7 Å². The van der Waals surface area contributed by atoms with Crippen LogP contribution in [0.15, 0.2) is 33.6 Å². The second kappa shape index (κ2) is 5.54. The number of thiophene rings is 1. The van der Waals surface area contributed by atoms with Crippen LogP contribution < -0.4 is 5.73 Å². The lowest BCUT2D eigenvalue weighted by Crippen LogP contribution is -2.33. The molecule has 2 N–H and O–H groups in total. The maximum Gasteiger partial charge on any atom is 0.258 e. The fourth-order valence-corrected chi connectivity index (χ4v) is 3.10. The Hall–Kier alpha value is -1.40. The van der Waals surface area contributed by atoms with E-state index in [0.29, 0.717) is 18.2 Å². The topological polar surface area (TPSA) is 59.2 Å². The lowest BCUT2D eigenvalue weighted by molar-refractivity contribution is 0.0731. The number of hydrogen-bond acceptors (Lipinski definition) is 4. The number of amides is 1. The van der Waals surface area contributed by atoms with Gasteiger partial charge in [-0.3, -0.25) is 4.79 Å². The molecule has 0 spiro atoms. The molecule has 0 radical (unpaired) electrons. The van der Waals surface area contributed by atoms with Crippen molar-refractivity contribution < 1.29 is 4.79 Å². The van der Waals surface area contributed by atoms with Crippen LogP contribution in [0.3, 0.4) is 0 Å². The van der Waals surface area contributed by atoms with Gasteiger partial charge in [-0.2, -0.15) is 11.3 Å². The zero-order valence-electron chi connectivity index (χ0n) is 10.8. The molecule has 0 atom stereocenters. The van der Waals surface area contributed by atoms with E-state index in [9.17, 15) is 4.79 Å². The lowest BCUT2D eigenvalue weighted by Gasteiger charge is -2.22. The Kier molecular flexibility index (Phi) is 3.76. The third kappa shape index (κ3) is 2.86. The Bertz CT molecular complexity index is 625. The number of carbonyl (C=O) groups excluding carboxylic acids is 1. The Labute approximate surface area is 129 Å². The minimum Gasteiger partial charge on any atom is -0.383 e. The van der Waals surface area contributed by atoms with Crippen LogP contribution in [0.2, 0.25) is 0 Å². The van der Waals surface area contributed by atoms with Crippen LogP contribution in [0.1, 0.15) is 28.8 Å². The molecule has 104 valence electrons. The van der Waals surface area contributed by atoms with Crippen molar-refractivity contribution in [3.63, 3.8) is 0 Å². The van der Waals surface area contributed by atoms with Crippen LogP contribution in [0, 0.1) is 0 Å². The van der Waals surface area contributed by atoms with Crippen molar-refractivity contribution in [1.82, 2.24) is 9.88 Å². The molecular weight excluding hydrogens is 338 g/mol. The molecule has 0 aliphatic heterocycles. The van der Waals surface area contributed by atoms with Gasteiger partial charge in [0.1, 0.15) is 5.82 Å². The molecule has 2 heterocycles. The van der Waals surface area contributed by atoms with Crippen LogP contribution in [0.4, 0.5) is 5.82 Å². The molecule has 2 aromatic heterocycles. The fraction of sp³-hybridized carbons (Fsp3) is 0.286. The van der Waals surface area contributed by atoms with E-state index in [4.69, 9.17) is 5.73 Å². The van der Waals surface area contributed by atoms with Gasteiger partial charge in [-0.1, -0.05) is 0 Å². The summed E-state index contributed by atoms with van der Waals surface area (Å²) in [4.78, 5) is 18.7. The predicted molar refractivity (Wildman–Crippen MR) is 83.6 cm³/mol. The smallest absolute Gasteiger partial charge is 0.258 e. The first-order valence-corrected chi connectivity index (χ1v) is 8.12. The molecule has 0 unspecified atom stereocenters. The molecule has 6 heteroatoms. The maximum absolute atomic E-state index is 12.7. The van der Waals surface area contributed by atoms with E-state index in [1.54, 1.807) is 23.6 Å². The van der Waals surface area contributed by atoms with Gasteiger partial charge in [0.2, 0.25) is 0 Å². The van der Waals surface area contributed by atoms with E-state index in [2.05, 4.69) is 32.4 Å².